The quantitative estimate of drug-likeness (QED) is 0.740. The van der Waals surface area contributed by atoms with E-state index in [1.165, 1.54) is 10.6 Å². The normalized spacial score (nSPS) is 20.9. The maximum Gasteiger partial charge on any atom is 0.329 e. The molecule has 6 nitrogen and oxygen atoms in total. The molecule has 1 aromatic heterocycles. The predicted molar refractivity (Wildman–Crippen MR) is 66.0 cm³/mol. The average Bonchev–Trinajstić information content (AvgIpc) is 2.71. The van der Waals surface area contributed by atoms with Crippen molar-refractivity contribution in [2.45, 2.75) is 19.9 Å². The number of anilines is 1. The number of nitrogens with two attached hydrogens (primary N) is 1. The molecule has 0 aromatic carbocycles. The van der Waals surface area contributed by atoms with Crippen molar-refractivity contribution >= 4 is 5.82 Å². The minimum atomic E-state index is -0.439. The molecule has 0 saturated carbocycles. The summed E-state index contributed by atoms with van der Waals surface area (Å²) in [7, 11) is 0. The molecule has 0 radical (unpaired) electrons. The summed E-state index contributed by atoms with van der Waals surface area (Å²) in [6.45, 7) is 5.80. The van der Waals surface area contributed by atoms with Gasteiger partial charge in [-0.25, -0.2) is 4.79 Å². The smallest absolute Gasteiger partial charge is 0.329 e. The molecule has 0 bridgehead atoms. The topological polar surface area (TPSA) is 84.1 Å². The average molecular weight is 238 g/mol. The predicted octanol–water partition coefficient (Wildman–Crippen LogP) is -0.539. The summed E-state index contributed by atoms with van der Waals surface area (Å²) in [5, 5.41) is 0. The van der Waals surface area contributed by atoms with Gasteiger partial charge in [-0.2, -0.15) is 0 Å². The zero-order valence-corrected chi connectivity index (χ0v) is 9.98. The third-order valence-electron chi connectivity index (χ3n) is 3.32. The van der Waals surface area contributed by atoms with E-state index >= 15 is 0 Å². The minimum Gasteiger partial charge on any atom is -0.385 e. The van der Waals surface area contributed by atoms with E-state index < -0.39 is 11.2 Å². The number of nitrogen functional groups attached to an aromatic ring is 1. The molecule has 0 aliphatic carbocycles. The fourth-order valence-corrected chi connectivity index (χ4v) is 2.33. The van der Waals surface area contributed by atoms with Gasteiger partial charge in [0, 0.05) is 19.2 Å². The Kier molecular flexibility index (Phi) is 3.33. The molecule has 1 aromatic rings. The van der Waals surface area contributed by atoms with Gasteiger partial charge in [0.2, 0.25) is 0 Å². The van der Waals surface area contributed by atoms with E-state index in [1.54, 1.807) is 0 Å². The summed E-state index contributed by atoms with van der Waals surface area (Å²) in [6, 6.07) is 1.26. The Hall–Kier alpha value is -1.56. The highest BCUT2D eigenvalue weighted by Gasteiger charge is 2.22. The summed E-state index contributed by atoms with van der Waals surface area (Å²) in [4.78, 5) is 27.2. The molecule has 94 valence electrons. The second-order valence-electron chi connectivity index (χ2n) is 4.52. The number of hydrogen-bond donors (Lipinski definition) is 2. The van der Waals surface area contributed by atoms with Gasteiger partial charge in [0.1, 0.15) is 5.82 Å². The molecule has 0 amide bonds. The van der Waals surface area contributed by atoms with E-state index in [0.29, 0.717) is 12.5 Å². The third kappa shape index (κ3) is 2.58. The van der Waals surface area contributed by atoms with Gasteiger partial charge in [-0.15, -0.1) is 0 Å². The van der Waals surface area contributed by atoms with Crippen LogP contribution in [0.1, 0.15) is 13.3 Å². The second kappa shape index (κ2) is 4.75. The highest BCUT2D eigenvalue weighted by atomic mass is 16.2. The molecule has 3 N–H and O–H groups in total. The number of nitrogens with one attached hydrogen (secondary N) is 1. The first-order valence-electron chi connectivity index (χ1n) is 5.92. The molecule has 2 rings (SSSR count). The summed E-state index contributed by atoms with van der Waals surface area (Å²) in [6.07, 6.45) is 1.07. The number of aromatic amines is 1. The van der Waals surface area contributed by atoms with Gasteiger partial charge in [-0.3, -0.25) is 14.3 Å². The van der Waals surface area contributed by atoms with Gasteiger partial charge in [0.15, 0.2) is 0 Å². The summed E-state index contributed by atoms with van der Waals surface area (Å²) >= 11 is 0. The summed E-state index contributed by atoms with van der Waals surface area (Å²) < 4.78 is 1.45. The van der Waals surface area contributed by atoms with E-state index in [2.05, 4.69) is 16.8 Å². The van der Waals surface area contributed by atoms with Crippen molar-refractivity contribution in [3.05, 3.63) is 26.9 Å². The zero-order chi connectivity index (χ0) is 12.4. The van der Waals surface area contributed by atoms with Crippen molar-refractivity contribution in [3.63, 3.8) is 0 Å². The lowest BCUT2D eigenvalue weighted by molar-refractivity contribution is 0.331. The van der Waals surface area contributed by atoms with E-state index in [1.807, 2.05) is 0 Å². The van der Waals surface area contributed by atoms with Crippen LogP contribution in [0.15, 0.2) is 15.7 Å². The Morgan fingerprint density at radius 2 is 2.29 bits per heavy atom. The van der Waals surface area contributed by atoms with E-state index in [0.717, 1.165) is 26.1 Å². The van der Waals surface area contributed by atoms with Crippen LogP contribution in [0, 0.1) is 5.92 Å². The number of nitrogens with zero attached hydrogens (tertiary/aromatic N) is 2. The van der Waals surface area contributed by atoms with Crippen molar-refractivity contribution < 1.29 is 0 Å². The van der Waals surface area contributed by atoms with Crippen molar-refractivity contribution in [1.82, 2.24) is 14.5 Å². The molecule has 2 heterocycles. The first kappa shape index (κ1) is 11.9. The summed E-state index contributed by atoms with van der Waals surface area (Å²) in [5.74, 6) is 0.676. The van der Waals surface area contributed by atoms with Crippen molar-refractivity contribution in [3.8, 4) is 0 Å². The number of aromatic nitrogens is 2. The van der Waals surface area contributed by atoms with Crippen LogP contribution in [-0.2, 0) is 6.54 Å². The highest BCUT2D eigenvalue weighted by molar-refractivity contribution is 5.26. The molecular formula is C11H18N4O2. The van der Waals surface area contributed by atoms with Crippen LogP contribution in [-0.4, -0.2) is 34.1 Å². The van der Waals surface area contributed by atoms with Gasteiger partial charge in [-0.05, 0) is 25.4 Å². The summed E-state index contributed by atoms with van der Waals surface area (Å²) in [5.41, 5.74) is 4.85. The largest absolute Gasteiger partial charge is 0.385 e. The van der Waals surface area contributed by atoms with Crippen LogP contribution in [0.4, 0.5) is 5.82 Å². The first-order valence-corrected chi connectivity index (χ1v) is 5.92. The fourth-order valence-electron chi connectivity index (χ4n) is 2.33. The second-order valence-corrected chi connectivity index (χ2v) is 4.52. The first-order chi connectivity index (χ1) is 8.10. The number of likely N-dealkylation sites (tertiary alicyclic amines) is 1. The Bertz CT molecular complexity index is 505. The van der Waals surface area contributed by atoms with Crippen LogP contribution >= 0.6 is 0 Å². The maximum atomic E-state index is 11.6. The van der Waals surface area contributed by atoms with Gasteiger partial charge in [-0.1, -0.05) is 6.92 Å². The molecule has 1 saturated heterocycles. The molecule has 1 aliphatic heterocycles. The standard InChI is InChI=1S/C11H18N4O2/c1-2-14-4-3-8(6-14)7-15-9(12)5-10(16)13-11(15)17/h5,8H,2-4,6-7,12H2,1H3,(H,13,16,17). The number of H-pyrrole nitrogens is 1. The monoisotopic (exact) mass is 238 g/mol. The van der Waals surface area contributed by atoms with Crippen LogP contribution in [0.25, 0.3) is 0 Å². The molecule has 17 heavy (non-hydrogen) atoms. The van der Waals surface area contributed by atoms with Gasteiger partial charge in [0.25, 0.3) is 5.56 Å². The molecular weight excluding hydrogens is 220 g/mol. The van der Waals surface area contributed by atoms with Crippen LogP contribution < -0.4 is 17.0 Å². The lowest BCUT2D eigenvalue weighted by atomic mass is 10.1. The maximum absolute atomic E-state index is 11.6. The van der Waals surface area contributed by atoms with Crippen LogP contribution in [0.5, 0.6) is 0 Å². The molecule has 1 aliphatic rings. The lowest BCUT2D eigenvalue weighted by Crippen LogP contribution is -2.33. The molecule has 1 fully saturated rings. The van der Waals surface area contributed by atoms with Crippen LogP contribution in [0.2, 0.25) is 0 Å². The van der Waals surface area contributed by atoms with Crippen molar-refractivity contribution in [2.24, 2.45) is 5.92 Å². The third-order valence-corrected chi connectivity index (χ3v) is 3.32. The van der Waals surface area contributed by atoms with E-state index in [9.17, 15) is 9.59 Å². The zero-order valence-electron chi connectivity index (χ0n) is 9.98. The molecule has 6 heteroatoms. The molecule has 1 atom stereocenters. The highest BCUT2D eigenvalue weighted by Crippen LogP contribution is 2.17. The van der Waals surface area contributed by atoms with Gasteiger partial charge in [0.05, 0.1) is 0 Å². The fraction of sp³-hybridized carbons (Fsp3) is 0.636. The van der Waals surface area contributed by atoms with Crippen molar-refractivity contribution in [1.29, 1.82) is 0 Å². The number of rotatable bonds is 3. The Morgan fingerprint density at radius 1 is 1.53 bits per heavy atom. The SMILES string of the molecule is CCN1CCC(Cn2c(N)cc(=O)[nH]c2=O)C1. The lowest BCUT2D eigenvalue weighted by Gasteiger charge is -2.15. The van der Waals surface area contributed by atoms with E-state index in [4.69, 9.17) is 5.73 Å². The van der Waals surface area contributed by atoms with Gasteiger partial charge < -0.3 is 10.6 Å². The number of hydrogen-bond acceptors (Lipinski definition) is 4. The Labute approximate surface area is 99.1 Å². The molecule has 1 unspecified atom stereocenters. The van der Waals surface area contributed by atoms with Gasteiger partial charge >= 0.3 is 5.69 Å². The minimum absolute atomic E-state index is 0.244. The molecule has 0 spiro atoms. The van der Waals surface area contributed by atoms with Crippen LogP contribution in [0.3, 0.4) is 0 Å². The van der Waals surface area contributed by atoms with E-state index in [-0.39, 0.29) is 5.82 Å². The Morgan fingerprint density at radius 3 is 2.88 bits per heavy atom. The van der Waals surface area contributed by atoms with Crippen molar-refractivity contribution in [2.75, 3.05) is 25.4 Å². The Balaban J connectivity index is 2.15.